The highest BCUT2D eigenvalue weighted by Gasteiger charge is 1.97. The molecule has 0 N–H and O–H groups in total. The topological polar surface area (TPSA) is 9.23 Å². The molecule has 0 spiro atoms. The molecule has 1 heteroatoms. The number of ether oxygens (including phenoxy) is 1. The minimum Gasteiger partial charge on any atom is -0.379 e. The van der Waals surface area contributed by atoms with Gasteiger partial charge < -0.3 is 4.74 Å². The van der Waals surface area contributed by atoms with Gasteiger partial charge in [0.1, 0.15) is 0 Å². The lowest BCUT2D eigenvalue weighted by molar-refractivity contribution is 0.0648. The molecule has 0 aliphatic rings. The zero-order chi connectivity index (χ0) is 12.1. The monoisotopic (exact) mass is 227 g/mol. The molecule has 97 valence electrons. The molecule has 0 fully saturated rings. The van der Waals surface area contributed by atoms with Crippen molar-refractivity contribution in [3.8, 4) is 0 Å². The number of hydrogen-bond donors (Lipinski definition) is 0. The van der Waals surface area contributed by atoms with Crippen molar-refractivity contribution in [3.05, 3.63) is 6.92 Å². The van der Waals surface area contributed by atoms with Gasteiger partial charge in [-0.1, -0.05) is 65.2 Å². The molecular weight excluding hydrogens is 196 g/mol. The first-order valence-corrected chi connectivity index (χ1v) is 7.22. The average Bonchev–Trinajstić information content (AvgIpc) is 2.31. The lowest BCUT2D eigenvalue weighted by atomic mass is 10.1. The van der Waals surface area contributed by atoms with E-state index in [9.17, 15) is 0 Å². The molecular formula is C15H31O. The molecule has 0 saturated carbocycles. The highest BCUT2D eigenvalue weighted by molar-refractivity contribution is 4.51. The number of hydrogen-bond acceptors (Lipinski definition) is 1. The van der Waals surface area contributed by atoms with Gasteiger partial charge in [-0.15, -0.1) is 0 Å². The van der Waals surface area contributed by atoms with Crippen LogP contribution in [-0.4, -0.2) is 12.7 Å². The van der Waals surface area contributed by atoms with Crippen LogP contribution in [0.4, 0.5) is 0 Å². The summed E-state index contributed by atoms with van der Waals surface area (Å²) in [4.78, 5) is 0. The summed E-state index contributed by atoms with van der Waals surface area (Å²) in [6.45, 7) is 9.12. The van der Waals surface area contributed by atoms with Crippen LogP contribution in [0, 0.1) is 6.92 Å². The lowest BCUT2D eigenvalue weighted by Gasteiger charge is -2.09. The molecule has 0 rings (SSSR count). The van der Waals surface area contributed by atoms with Crippen molar-refractivity contribution in [2.24, 2.45) is 0 Å². The van der Waals surface area contributed by atoms with Crippen LogP contribution in [0.1, 0.15) is 78.1 Å². The predicted octanol–water partition coefficient (Wildman–Crippen LogP) is 5.15. The van der Waals surface area contributed by atoms with E-state index in [2.05, 4.69) is 20.8 Å². The Kier molecular flexibility index (Phi) is 13.0. The number of unbranched alkanes of at least 4 members (excludes halogenated alkanes) is 8. The highest BCUT2D eigenvalue weighted by atomic mass is 16.5. The van der Waals surface area contributed by atoms with Crippen LogP contribution in [0.15, 0.2) is 0 Å². The second-order valence-corrected chi connectivity index (χ2v) is 4.80. The molecule has 0 heterocycles. The van der Waals surface area contributed by atoms with E-state index >= 15 is 0 Å². The minimum absolute atomic E-state index is 0.342. The Morgan fingerprint density at radius 1 is 0.875 bits per heavy atom. The lowest BCUT2D eigenvalue weighted by Crippen LogP contribution is -2.07. The van der Waals surface area contributed by atoms with Crippen LogP contribution in [0.3, 0.4) is 0 Å². The van der Waals surface area contributed by atoms with E-state index in [-0.39, 0.29) is 0 Å². The minimum atomic E-state index is 0.342. The first kappa shape index (κ1) is 16.0. The summed E-state index contributed by atoms with van der Waals surface area (Å²) in [5, 5.41) is 0. The molecule has 0 aliphatic heterocycles. The number of rotatable bonds is 12. The smallest absolute Gasteiger partial charge is 0.0547 e. The van der Waals surface area contributed by atoms with Gasteiger partial charge >= 0.3 is 0 Å². The molecule has 1 atom stereocenters. The van der Waals surface area contributed by atoms with Crippen LogP contribution < -0.4 is 0 Å². The van der Waals surface area contributed by atoms with Crippen LogP contribution in [-0.2, 0) is 4.74 Å². The van der Waals surface area contributed by atoms with Gasteiger partial charge in [0.25, 0.3) is 0 Å². The van der Waals surface area contributed by atoms with Gasteiger partial charge in [-0.25, -0.2) is 0 Å². The van der Waals surface area contributed by atoms with E-state index in [4.69, 9.17) is 4.74 Å². The van der Waals surface area contributed by atoms with Crippen molar-refractivity contribution >= 4 is 0 Å². The van der Waals surface area contributed by atoms with Crippen molar-refractivity contribution in [2.75, 3.05) is 6.61 Å². The van der Waals surface area contributed by atoms with Crippen LogP contribution in [0.2, 0.25) is 0 Å². The molecule has 0 amide bonds. The van der Waals surface area contributed by atoms with Gasteiger partial charge in [0.15, 0.2) is 0 Å². The van der Waals surface area contributed by atoms with E-state index in [1.165, 1.54) is 57.8 Å². The molecule has 16 heavy (non-hydrogen) atoms. The van der Waals surface area contributed by atoms with Crippen LogP contribution >= 0.6 is 0 Å². The summed E-state index contributed by atoms with van der Waals surface area (Å²) in [7, 11) is 0. The van der Waals surface area contributed by atoms with Crippen molar-refractivity contribution in [2.45, 2.75) is 84.2 Å². The summed E-state index contributed by atoms with van der Waals surface area (Å²) in [6.07, 6.45) is 13.6. The highest BCUT2D eigenvalue weighted by Crippen LogP contribution is 2.09. The summed E-state index contributed by atoms with van der Waals surface area (Å²) in [5.74, 6) is 0. The molecule has 1 unspecified atom stereocenters. The Morgan fingerprint density at radius 2 is 1.38 bits per heavy atom. The first-order valence-electron chi connectivity index (χ1n) is 7.22. The van der Waals surface area contributed by atoms with Gasteiger partial charge in [0.2, 0.25) is 0 Å². The third-order valence-electron chi connectivity index (χ3n) is 3.06. The third kappa shape index (κ3) is 12.0. The Balaban J connectivity index is 2.93. The Hall–Kier alpha value is -0.0400. The molecule has 0 aromatic rings. The predicted molar refractivity (Wildman–Crippen MR) is 72.6 cm³/mol. The Bertz CT molecular complexity index is 123. The van der Waals surface area contributed by atoms with Crippen molar-refractivity contribution < 1.29 is 4.74 Å². The molecule has 1 nitrogen and oxygen atoms in total. The van der Waals surface area contributed by atoms with Crippen molar-refractivity contribution in [1.82, 2.24) is 0 Å². The molecule has 0 aliphatic carbocycles. The molecule has 0 aromatic carbocycles. The van der Waals surface area contributed by atoms with E-state index < -0.39 is 0 Å². The zero-order valence-corrected chi connectivity index (χ0v) is 11.5. The molecule has 0 bridgehead atoms. The summed E-state index contributed by atoms with van der Waals surface area (Å²) in [5.41, 5.74) is 0. The van der Waals surface area contributed by atoms with E-state index in [0.717, 1.165) is 13.0 Å². The van der Waals surface area contributed by atoms with E-state index in [1.807, 2.05) is 0 Å². The fraction of sp³-hybridized carbons (Fsp3) is 0.933. The summed E-state index contributed by atoms with van der Waals surface area (Å²) >= 11 is 0. The maximum atomic E-state index is 5.59. The van der Waals surface area contributed by atoms with Crippen LogP contribution in [0.5, 0.6) is 0 Å². The fourth-order valence-electron chi connectivity index (χ4n) is 1.78. The molecule has 1 radical (unpaired) electrons. The van der Waals surface area contributed by atoms with Crippen molar-refractivity contribution in [3.63, 3.8) is 0 Å². The van der Waals surface area contributed by atoms with Gasteiger partial charge in [0.05, 0.1) is 6.10 Å². The Morgan fingerprint density at radius 3 is 1.88 bits per heavy atom. The van der Waals surface area contributed by atoms with Gasteiger partial charge in [-0.2, -0.15) is 0 Å². The third-order valence-corrected chi connectivity index (χ3v) is 3.06. The fourth-order valence-corrected chi connectivity index (χ4v) is 1.78. The van der Waals surface area contributed by atoms with E-state index in [0.29, 0.717) is 6.10 Å². The maximum Gasteiger partial charge on any atom is 0.0547 e. The second-order valence-electron chi connectivity index (χ2n) is 4.80. The summed E-state index contributed by atoms with van der Waals surface area (Å²) in [6, 6.07) is 0. The second kappa shape index (κ2) is 13.0. The molecule has 0 saturated heterocycles. The quantitative estimate of drug-likeness (QED) is 0.419. The van der Waals surface area contributed by atoms with Crippen LogP contribution in [0.25, 0.3) is 0 Å². The molecule has 0 aromatic heterocycles. The summed E-state index contributed by atoms with van der Waals surface area (Å²) < 4.78 is 5.59. The van der Waals surface area contributed by atoms with Gasteiger partial charge in [-0.3, -0.25) is 0 Å². The normalized spacial score (nSPS) is 12.9. The first-order chi connectivity index (χ1) is 7.81. The van der Waals surface area contributed by atoms with Crippen molar-refractivity contribution in [1.29, 1.82) is 0 Å². The standard InChI is InChI=1S/C15H31O/c1-4-6-7-8-9-10-11-12-13-14-16-15(3)5-2/h15H,2,4-14H2,1,3H3. The Labute approximate surface area is 103 Å². The van der Waals surface area contributed by atoms with Gasteiger partial charge in [0, 0.05) is 6.61 Å². The zero-order valence-electron chi connectivity index (χ0n) is 11.5. The SMILES string of the molecule is [CH2]CC(C)OCCCCCCCCCCC. The maximum absolute atomic E-state index is 5.59. The van der Waals surface area contributed by atoms with E-state index in [1.54, 1.807) is 0 Å². The largest absolute Gasteiger partial charge is 0.379 e. The average molecular weight is 227 g/mol. The van der Waals surface area contributed by atoms with Gasteiger partial charge in [-0.05, 0) is 19.8 Å².